The summed E-state index contributed by atoms with van der Waals surface area (Å²) in [7, 11) is -3.34. The lowest BCUT2D eigenvalue weighted by Gasteiger charge is -2.31. The van der Waals surface area contributed by atoms with Crippen LogP contribution in [0, 0.1) is 5.92 Å². The van der Waals surface area contributed by atoms with Gasteiger partial charge in [-0.1, -0.05) is 70.5 Å². The highest BCUT2D eigenvalue weighted by atomic mass is 79.9. The predicted octanol–water partition coefficient (Wildman–Crippen LogP) is 6.31. The van der Waals surface area contributed by atoms with Crippen molar-refractivity contribution >= 4 is 47.5 Å². The lowest BCUT2D eigenvalue weighted by atomic mass is 9.82. The first kappa shape index (κ1) is 32.8. The molecule has 2 amide bonds. The van der Waals surface area contributed by atoms with E-state index in [2.05, 4.69) is 26.2 Å². The van der Waals surface area contributed by atoms with Crippen LogP contribution >= 0.6 is 15.9 Å². The van der Waals surface area contributed by atoms with Crippen LogP contribution in [0.25, 0.3) is 0 Å². The largest absolute Gasteiger partial charge is 0.395 e. The van der Waals surface area contributed by atoms with E-state index in [0.29, 0.717) is 38.2 Å². The van der Waals surface area contributed by atoms with Crippen LogP contribution in [0.2, 0.25) is 18.6 Å². The second kappa shape index (κ2) is 12.6. The molecule has 4 heterocycles. The Morgan fingerprint density at radius 3 is 2.50 bits per heavy atom. The van der Waals surface area contributed by atoms with Crippen molar-refractivity contribution in [2.24, 2.45) is 5.92 Å². The summed E-state index contributed by atoms with van der Waals surface area (Å²) in [5.74, 6) is -0.793. The Bertz CT molecular complexity index is 1830. The second-order valence-electron chi connectivity index (χ2n) is 13.6. The van der Waals surface area contributed by atoms with Crippen molar-refractivity contribution in [2.75, 3.05) is 23.0 Å². The Kier molecular flexibility index (Phi) is 8.63. The fourth-order valence-electron chi connectivity index (χ4n) is 7.90. The molecule has 3 aromatic carbocycles. The number of amides is 2. The zero-order valence-corrected chi connectivity index (χ0v) is 29.8. The molecular formula is C36H39BrFN5O4Si. The molecular weight excluding hydrogens is 693 g/mol. The third-order valence-corrected chi connectivity index (χ3v) is 13.3. The number of aromatic nitrogens is 3. The number of β-lactam (4-membered cyclic amide) rings is 1. The van der Waals surface area contributed by atoms with Gasteiger partial charge in [-0.15, -0.1) is 5.10 Å². The number of aliphatic hydroxyl groups is 1. The third kappa shape index (κ3) is 5.62. The second-order valence-corrected chi connectivity index (χ2v) is 18.3. The van der Waals surface area contributed by atoms with Gasteiger partial charge in [0.2, 0.25) is 14.3 Å². The molecule has 1 aromatic heterocycles. The molecule has 0 radical (unpaired) electrons. The lowest BCUT2D eigenvalue weighted by molar-refractivity contribution is -0.146. The van der Waals surface area contributed by atoms with Gasteiger partial charge in [-0.05, 0) is 61.0 Å². The maximum absolute atomic E-state index is 16.3. The highest BCUT2D eigenvalue weighted by molar-refractivity contribution is 9.10. The van der Waals surface area contributed by atoms with Crippen LogP contribution in [0.15, 0.2) is 83.5 Å². The molecule has 2 saturated heterocycles. The summed E-state index contributed by atoms with van der Waals surface area (Å²) in [5, 5.41) is 18.8. The van der Waals surface area contributed by atoms with E-state index in [1.54, 1.807) is 27.6 Å². The summed E-state index contributed by atoms with van der Waals surface area (Å²) >= 11 is 3.61. The van der Waals surface area contributed by atoms with Crippen molar-refractivity contribution < 1.29 is 23.5 Å². The molecule has 9 nitrogen and oxygen atoms in total. The minimum Gasteiger partial charge on any atom is -0.395 e. The zero-order chi connectivity index (χ0) is 33.8. The minimum atomic E-state index is -3.34. The van der Waals surface area contributed by atoms with Gasteiger partial charge in [0.25, 0.3) is 5.91 Å². The first-order valence-electron chi connectivity index (χ1n) is 16.4. The van der Waals surface area contributed by atoms with Crippen molar-refractivity contribution in [3.8, 4) is 0 Å². The van der Waals surface area contributed by atoms with Crippen molar-refractivity contribution in [2.45, 2.75) is 69.1 Å². The standard InChI is InChI=1S/C36H39BrFN5O4Si/c1-23-34(48(2,3)38)32(15-17-41-21-30(39-40-41)28(22-44)25-7-5-4-6-8-25)47-36(23)29-19-26(37)11-14-31(29)43(35(36)46)20-24-9-12-27(13-10-24)42-18-16-33(42)45/h4-14,19,21,23,28,32,34,44H,15-18,20,22H2,1-3H3/t23-,28?,32+,34-,36+/m1/s1. The lowest BCUT2D eigenvalue weighted by Crippen LogP contribution is -2.45. The molecule has 3 aliphatic heterocycles. The van der Waals surface area contributed by atoms with Crippen LogP contribution in [0.1, 0.15) is 48.1 Å². The maximum atomic E-state index is 16.3. The summed E-state index contributed by atoms with van der Waals surface area (Å²) < 4.78 is 25.8. The molecule has 0 saturated carbocycles. The number of aliphatic hydroxyl groups excluding tert-OH is 1. The highest BCUT2D eigenvalue weighted by Crippen LogP contribution is 2.60. The van der Waals surface area contributed by atoms with Gasteiger partial charge in [0.1, 0.15) is 0 Å². The van der Waals surface area contributed by atoms with Gasteiger partial charge in [-0.25, -0.2) is 0 Å². The average Bonchev–Trinajstić information content (AvgIpc) is 3.71. The number of halogens is 2. The van der Waals surface area contributed by atoms with E-state index in [9.17, 15) is 14.7 Å². The Balaban J connectivity index is 1.16. The Hall–Kier alpha value is -3.71. The van der Waals surface area contributed by atoms with Crippen molar-refractivity contribution in [1.29, 1.82) is 0 Å². The van der Waals surface area contributed by atoms with E-state index in [1.165, 1.54) is 0 Å². The highest BCUT2D eigenvalue weighted by Gasteiger charge is 2.66. The number of hydrogen-bond acceptors (Lipinski definition) is 6. The average molecular weight is 733 g/mol. The van der Waals surface area contributed by atoms with Crippen LogP contribution in [0.5, 0.6) is 0 Å². The fourth-order valence-corrected chi connectivity index (χ4v) is 10.8. The van der Waals surface area contributed by atoms with Gasteiger partial charge in [-0.3, -0.25) is 14.3 Å². The molecule has 0 bridgehead atoms. The van der Waals surface area contributed by atoms with Crippen molar-refractivity contribution in [3.63, 3.8) is 0 Å². The molecule has 1 N–H and O–H groups in total. The van der Waals surface area contributed by atoms with E-state index in [1.807, 2.05) is 85.9 Å². The maximum Gasteiger partial charge on any atom is 0.264 e. The predicted molar refractivity (Wildman–Crippen MR) is 187 cm³/mol. The molecule has 2 fully saturated rings. The molecule has 1 unspecified atom stereocenters. The van der Waals surface area contributed by atoms with E-state index >= 15 is 4.11 Å². The number of hydrogen-bond donors (Lipinski definition) is 1. The van der Waals surface area contributed by atoms with Crippen molar-refractivity contribution in [3.05, 3.63) is 106 Å². The smallest absolute Gasteiger partial charge is 0.264 e. The van der Waals surface area contributed by atoms with Crippen LogP contribution < -0.4 is 9.80 Å². The summed E-state index contributed by atoms with van der Waals surface area (Å²) in [6.07, 6.45) is 2.32. The van der Waals surface area contributed by atoms with E-state index in [4.69, 9.17) is 4.74 Å². The normalized spacial score (nSPS) is 24.3. The topological polar surface area (TPSA) is 101 Å². The summed E-state index contributed by atoms with van der Waals surface area (Å²) in [4.78, 5) is 30.1. The van der Waals surface area contributed by atoms with Crippen LogP contribution in [-0.4, -0.2) is 59.6 Å². The minimum absolute atomic E-state index is 0.103. The number of fused-ring (bicyclic) bond motifs is 2. The summed E-state index contributed by atoms with van der Waals surface area (Å²) in [6, 6.07) is 23.2. The Morgan fingerprint density at radius 2 is 1.85 bits per heavy atom. The molecule has 7 rings (SSSR count). The van der Waals surface area contributed by atoms with Gasteiger partial charge in [0.15, 0.2) is 5.60 Å². The fraction of sp³-hybridized carbons (Fsp3) is 0.389. The summed E-state index contributed by atoms with van der Waals surface area (Å²) in [5.41, 5.74) is 3.10. The molecule has 250 valence electrons. The zero-order valence-electron chi connectivity index (χ0n) is 27.2. The SMILES string of the molecule is C[C@@H]1[C@@H]([Si](C)(C)F)[C@H](CCn2cc(C(CO)c3ccccc3)nn2)O[C@@]12C(=O)N(Cc1ccc(N3CCC3=O)cc1)c1ccc(Br)cc12. The summed E-state index contributed by atoms with van der Waals surface area (Å²) in [6.45, 7) is 6.72. The van der Waals surface area contributed by atoms with E-state index in [0.717, 1.165) is 32.5 Å². The van der Waals surface area contributed by atoms with Crippen LogP contribution in [0.3, 0.4) is 0 Å². The number of carbonyl (C=O) groups is 2. The van der Waals surface area contributed by atoms with E-state index < -0.39 is 31.6 Å². The Morgan fingerprint density at radius 1 is 1.10 bits per heavy atom. The van der Waals surface area contributed by atoms with Gasteiger partial charge in [0.05, 0.1) is 36.6 Å². The number of rotatable bonds is 10. The monoisotopic (exact) mass is 731 g/mol. The van der Waals surface area contributed by atoms with Crippen LogP contribution in [-0.2, 0) is 33.0 Å². The van der Waals surface area contributed by atoms with E-state index in [-0.39, 0.29) is 24.3 Å². The van der Waals surface area contributed by atoms with Gasteiger partial charge in [0, 0.05) is 52.9 Å². The Labute approximate surface area is 289 Å². The molecule has 4 aromatic rings. The molecule has 5 atom stereocenters. The third-order valence-electron chi connectivity index (χ3n) is 10.3. The molecule has 12 heteroatoms. The van der Waals surface area contributed by atoms with Gasteiger partial charge >= 0.3 is 0 Å². The van der Waals surface area contributed by atoms with Gasteiger partial charge < -0.3 is 23.8 Å². The molecule has 3 aliphatic rings. The van der Waals surface area contributed by atoms with Crippen LogP contribution in [0.4, 0.5) is 15.5 Å². The number of ether oxygens (including phenoxy) is 1. The molecule has 0 aliphatic carbocycles. The number of benzene rings is 3. The number of nitrogens with zero attached hydrogens (tertiary/aromatic N) is 5. The quantitative estimate of drug-likeness (QED) is 0.117. The first-order valence-corrected chi connectivity index (χ1v) is 20.2. The van der Waals surface area contributed by atoms with Gasteiger partial charge in [-0.2, -0.15) is 0 Å². The number of anilines is 2. The first-order chi connectivity index (χ1) is 23.0. The molecule has 1 spiro atoms. The number of aryl methyl sites for hydroxylation is 1. The number of carbonyl (C=O) groups excluding carboxylic acids is 2. The molecule has 48 heavy (non-hydrogen) atoms. The van der Waals surface area contributed by atoms with Crippen molar-refractivity contribution in [1.82, 2.24) is 15.0 Å².